The molecule has 20 heteroatoms. The molecule has 0 aliphatic heterocycles. The van der Waals surface area contributed by atoms with E-state index < -0.39 is 0 Å². The molecule has 0 aliphatic carbocycles. The van der Waals surface area contributed by atoms with Gasteiger partial charge in [-0.3, -0.25) is 9.97 Å². The van der Waals surface area contributed by atoms with E-state index in [1.54, 1.807) is 35.1 Å². The summed E-state index contributed by atoms with van der Waals surface area (Å²) in [5, 5.41) is 0. The summed E-state index contributed by atoms with van der Waals surface area (Å²) in [6.45, 7) is 52.7. The van der Waals surface area contributed by atoms with Crippen molar-refractivity contribution in [3.05, 3.63) is 163 Å². The number of benzene rings is 4. The van der Waals surface area contributed by atoms with Crippen LogP contribution in [0.5, 0.6) is 0 Å². The average molecular weight is 1500 g/mol. The number of hydrogen-bond acceptors (Lipinski definition) is 20. The first-order valence-corrected chi connectivity index (χ1v) is 41.3. The number of thiophene rings is 6. The smallest absolute Gasteiger partial charge is 0.114 e. The molecule has 528 valence electrons. The third-order valence-electron chi connectivity index (χ3n) is 13.0. The van der Waals surface area contributed by atoms with Gasteiger partial charge in [-0.25, -0.2) is 0 Å². The molecular weight excluding hydrogens is 1400 g/mol. The second kappa shape index (κ2) is 47.7. The number of aryl methyl sites for hydroxylation is 8. The monoisotopic (exact) mass is 1500 g/mol. The lowest BCUT2D eigenvalue weighted by atomic mass is 10.1. The van der Waals surface area contributed by atoms with Crippen LogP contribution in [0.25, 0.3) is 116 Å². The summed E-state index contributed by atoms with van der Waals surface area (Å²) in [7, 11) is 0. The zero-order valence-corrected chi connectivity index (χ0v) is 69.3. The molecule has 0 aliphatic rings. The quantitative estimate of drug-likeness (QED) is 0.159. The summed E-state index contributed by atoms with van der Waals surface area (Å²) in [6.07, 6.45) is 3.42. The first-order valence-electron chi connectivity index (χ1n) is 33.4. The minimum Gasteiger partial charge on any atom is -0.253 e. The van der Waals surface area contributed by atoms with Crippen molar-refractivity contribution < 1.29 is 0 Å². The summed E-state index contributed by atoms with van der Waals surface area (Å²) >= 11 is 16.1. The van der Waals surface area contributed by atoms with Crippen molar-refractivity contribution >= 4 is 170 Å². The molecule has 0 amide bonds. The summed E-state index contributed by atoms with van der Waals surface area (Å²) in [4.78, 5) is 24.3. The minimum atomic E-state index is 0. The largest absolute Gasteiger partial charge is 0.253 e. The van der Waals surface area contributed by atoms with E-state index in [-0.39, 0.29) is 14.9 Å². The highest BCUT2D eigenvalue weighted by molar-refractivity contribution is 7.24. The van der Waals surface area contributed by atoms with E-state index >= 15 is 0 Å². The Bertz CT molecular complexity index is 4340. The van der Waals surface area contributed by atoms with Gasteiger partial charge in [0.1, 0.15) is 44.1 Å². The molecule has 98 heavy (non-hydrogen) atoms. The fourth-order valence-electron chi connectivity index (χ4n) is 8.96. The van der Waals surface area contributed by atoms with Gasteiger partial charge in [0.2, 0.25) is 0 Å². The molecule has 10 nitrogen and oxygen atoms in total. The van der Waals surface area contributed by atoms with Crippen molar-refractivity contribution in [1.29, 1.82) is 0 Å². The van der Waals surface area contributed by atoms with Crippen LogP contribution in [-0.2, 0) is 0 Å². The maximum atomic E-state index is 4.68. The van der Waals surface area contributed by atoms with Crippen LogP contribution >= 0.6 is 115 Å². The minimum absolute atomic E-state index is 0. The zero-order chi connectivity index (χ0) is 71.6. The van der Waals surface area contributed by atoms with Gasteiger partial charge in [-0.1, -0.05) is 176 Å². The lowest BCUT2D eigenvalue weighted by Crippen LogP contribution is -1.91. The molecule has 0 spiro atoms. The summed E-state index contributed by atoms with van der Waals surface area (Å²) in [5.74, 6) is 0. The maximum absolute atomic E-state index is 4.68. The van der Waals surface area contributed by atoms with Crippen LogP contribution in [0.2, 0.25) is 0 Å². The first kappa shape index (κ1) is 89.7. The van der Waals surface area contributed by atoms with Crippen LogP contribution in [0, 0.1) is 55.4 Å². The van der Waals surface area contributed by atoms with E-state index in [4.69, 9.17) is 0 Å². The van der Waals surface area contributed by atoms with E-state index in [2.05, 4.69) is 196 Å². The molecular formula is C78H106N10S10. The molecule has 11 heterocycles. The Morgan fingerprint density at radius 2 is 0.408 bits per heavy atom. The summed E-state index contributed by atoms with van der Waals surface area (Å²) in [5.41, 5.74) is 19.1. The van der Waals surface area contributed by atoms with Gasteiger partial charge in [-0.05, 0) is 139 Å². The predicted molar refractivity (Wildman–Crippen MR) is 456 cm³/mol. The van der Waals surface area contributed by atoms with Crippen molar-refractivity contribution in [1.82, 2.24) is 45.0 Å². The van der Waals surface area contributed by atoms with Crippen molar-refractivity contribution in [2.75, 3.05) is 0 Å². The van der Waals surface area contributed by atoms with Gasteiger partial charge in [0.05, 0.1) is 57.9 Å². The first-order chi connectivity index (χ1) is 46.9. The second-order valence-corrected chi connectivity index (χ2v) is 27.8. The van der Waals surface area contributed by atoms with Crippen molar-refractivity contribution in [3.8, 4) is 61.3 Å². The van der Waals surface area contributed by atoms with Crippen LogP contribution in [0.15, 0.2) is 122 Å². The normalized spacial score (nSPS) is 9.57. The van der Waals surface area contributed by atoms with Crippen molar-refractivity contribution in [3.63, 3.8) is 0 Å². The molecule has 15 aromatic rings. The van der Waals surface area contributed by atoms with Crippen LogP contribution < -0.4 is 0 Å². The molecule has 0 N–H and O–H groups in total. The van der Waals surface area contributed by atoms with Gasteiger partial charge >= 0.3 is 0 Å². The molecule has 0 saturated heterocycles. The summed E-state index contributed by atoms with van der Waals surface area (Å²) in [6, 6.07) is 39.3. The van der Waals surface area contributed by atoms with Crippen LogP contribution in [0.3, 0.4) is 0 Å². The van der Waals surface area contributed by atoms with E-state index in [0.29, 0.717) is 0 Å². The Labute approximate surface area is 628 Å². The number of hydrogen-bond donors (Lipinski definition) is 0. The molecule has 0 saturated carbocycles. The Morgan fingerprint density at radius 3 is 0.663 bits per heavy atom. The van der Waals surface area contributed by atoms with E-state index in [0.717, 1.165) is 66.3 Å². The highest BCUT2D eigenvalue weighted by Gasteiger charge is 2.19. The molecule has 0 bridgehead atoms. The van der Waals surface area contributed by atoms with Crippen molar-refractivity contribution in [2.45, 2.75) is 195 Å². The predicted octanol–water partition coefficient (Wildman–Crippen LogP) is 30.1. The topological polar surface area (TPSA) is 129 Å². The number of fused-ring (bicyclic) bond motifs is 5. The summed E-state index contributed by atoms with van der Waals surface area (Å²) < 4.78 is 35.4. The van der Waals surface area contributed by atoms with Crippen LogP contribution in [-0.4, -0.2) is 45.0 Å². The van der Waals surface area contributed by atoms with Gasteiger partial charge in [0, 0.05) is 104 Å². The van der Waals surface area contributed by atoms with Crippen LogP contribution in [0.1, 0.15) is 181 Å². The van der Waals surface area contributed by atoms with Gasteiger partial charge in [-0.15, -0.1) is 68.0 Å². The maximum Gasteiger partial charge on any atom is 0.114 e. The Kier molecular flexibility index (Phi) is 43.7. The third-order valence-corrected chi connectivity index (χ3v) is 21.8. The number of nitrogens with zero attached hydrogens (tertiary/aromatic N) is 10. The molecule has 11 aromatic heterocycles. The zero-order valence-electron chi connectivity index (χ0n) is 61.1. The van der Waals surface area contributed by atoms with Crippen molar-refractivity contribution in [2.24, 2.45) is 0 Å². The standard InChI is InChI=1S/C24H16N2S5.C16H12N2S3.C10H8N4S.C8H8N2S.9C2H6.2CH4/c1-13-3-7-19(27-13)21-11-9-17(29-21)15-5-6-16(24-23(15)25-31-26-24)18-10-12-22(30-18)20-8-4-14(2)28-20;1-9-3-7-13(19-9)11-5-6-12(14-8-4-10(2)20-14)16-15(11)17-21-18-16;1-5-7-8(12-4-3-11-7)6(2)10-9(5)13-15-14-10;1-5-3-4-6(2)8-7(5)9-11-10-8;9*1-2;;/h3-12H,1-2H3;3-8H,1-2H3;3-4H,1-2H3;3-4H,1-2H3;9*1-2H3;2*1H4. The molecule has 0 unspecified atom stereocenters. The van der Waals surface area contributed by atoms with E-state index in [1.807, 2.05) is 184 Å². The van der Waals surface area contributed by atoms with Crippen LogP contribution in [0.4, 0.5) is 0 Å². The molecule has 0 radical (unpaired) electrons. The fraction of sp³-hybridized carbons (Fsp3) is 0.359. The molecule has 4 aromatic carbocycles. The molecule has 0 atom stereocenters. The number of aromatic nitrogens is 10. The third kappa shape index (κ3) is 22.3. The lowest BCUT2D eigenvalue weighted by molar-refractivity contribution is 1.26. The highest BCUT2D eigenvalue weighted by atomic mass is 32.1. The number of rotatable bonds is 6. The van der Waals surface area contributed by atoms with E-state index in [9.17, 15) is 0 Å². The lowest BCUT2D eigenvalue weighted by Gasteiger charge is -2.03. The average Bonchev–Trinajstić information content (AvgIpc) is 1.63. The second-order valence-electron chi connectivity index (χ2n) is 18.3. The Balaban J connectivity index is 0.000000630. The van der Waals surface area contributed by atoms with E-state index in [1.165, 1.54) is 139 Å². The fourth-order valence-corrected chi connectivity index (χ4v) is 17.2. The molecule has 0 fully saturated rings. The van der Waals surface area contributed by atoms with Gasteiger partial charge in [0.15, 0.2) is 0 Å². The Hall–Kier alpha value is -6.30. The van der Waals surface area contributed by atoms with Gasteiger partial charge in [-0.2, -0.15) is 35.0 Å². The molecule has 15 rings (SSSR count). The Morgan fingerprint density at radius 1 is 0.204 bits per heavy atom. The van der Waals surface area contributed by atoms with Gasteiger partial charge in [0.25, 0.3) is 0 Å². The SMILES string of the molecule is C.C.CC.CC.CC.CC.CC.CC.CC.CC.CC.Cc1c2nccnc2c(C)c2nsnc12.Cc1ccc(-c2ccc(-c3ccc(-c4ccc(-c5ccc(C)s5)s4)c4nsnc34)s2)s1.Cc1ccc(-c2ccc(-c3ccc(C)s3)c3nsnc23)s1.Cc1ccc(C)c2nsnc12. The van der Waals surface area contributed by atoms with Gasteiger partial charge < -0.3 is 0 Å². The highest BCUT2D eigenvalue weighted by Crippen LogP contribution is 2.45.